The lowest BCUT2D eigenvalue weighted by Crippen LogP contribution is -2.46. The van der Waals surface area contributed by atoms with Gasteiger partial charge in [0.15, 0.2) is 0 Å². The van der Waals surface area contributed by atoms with E-state index in [0.29, 0.717) is 18.7 Å². The lowest BCUT2D eigenvalue weighted by Gasteiger charge is -2.38. The van der Waals surface area contributed by atoms with Gasteiger partial charge in [-0.15, -0.1) is 0 Å². The van der Waals surface area contributed by atoms with Crippen molar-refractivity contribution in [1.82, 2.24) is 9.88 Å². The molecule has 0 radical (unpaired) electrons. The summed E-state index contributed by atoms with van der Waals surface area (Å²) in [7, 11) is -3.40. The summed E-state index contributed by atoms with van der Waals surface area (Å²) in [6.07, 6.45) is 5.20. The number of sulfonamides is 1. The van der Waals surface area contributed by atoms with Crippen LogP contribution in [0.5, 0.6) is 0 Å². The second kappa shape index (κ2) is 9.35. The van der Waals surface area contributed by atoms with Crippen LogP contribution in [-0.4, -0.2) is 48.8 Å². The predicted molar refractivity (Wildman–Crippen MR) is 119 cm³/mol. The van der Waals surface area contributed by atoms with Crippen LogP contribution in [0, 0.1) is 5.92 Å². The Kier molecular flexibility index (Phi) is 6.78. The number of nitrogens with two attached hydrogens (primary N) is 1. The summed E-state index contributed by atoms with van der Waals surface area (Å²) >= 11 is 0. The molecular weight excluding hydrogens is 434 g/mol. The van der Waals surface area contributed by atoms with E-state index >= 15 is 0 Å². The van der Waals surface area contributed by atoms with Crippen LogP contribution < -0.4 is 15.8 Å². The maximum absolute atomic E-state index is 13.0. The van der Waals surface area contributed by atoms with Gasteiger partial charge in [-0.1, -0.05) is 19.1 Å². The van der Waals surface area contributed by atoms with Gasteiger partial charge in [-0.2, -0.15) is 0 Å². The number of benzene rings is 1. The van der Waals surface area contributed by atoms with E-state index in [-0.39, 0.29) is 23.2 Å². The first-order valence-corrected chi connectivity index (χ1v) is 11.9. The number of nitrogens with zero attached hydrogens (tertiary/aromatic N) is 2. The van der Waals surface area contributed by atoms with Crippen LogP contribution in [-0.2, 0) is 19.6 Å². The number of piperidine rings is 1. The smallest absolute Gasteiger partial charge is 0.313 e. The van der Waals surface area contributed by atoms with Gasteiger partial charge in [0.2, 0.25) is 15.9 Å². The number of pyridine rings is 1. The molecule has 2 heterocycles. The molecule has 32 heavy (non-hydrogen) atoms. The molecule has 1 aliphatic rings. The van der Waals surface area contributed by atoms with Gasteiger partial charge in [-0.3, -0.25) is 24.1 Å². The summed E-state index contributed by atoms with van der Waals surface area (Å²) in [5.41, 5.74) is 6.75. The number of nitrogens with one attached hydrogen (secondary N) is 2. The number of hydrogen-bond donors (Lipinski definition) is 3. The minimum Gasteiger partial charge on any atom is -0.366 e. The van der Waals surface area contributed by atoms with E-state index < -0.39 is 27.7 Å². The van der Waals surface area contributed by atoms with Gasteiger partial charge in [0, 0.05) is 18.4 Å². The molecule has 1 aliphatic heterocycles. The second-order valence-corrected chi connectivity index (χ2v) is 9.68. The van der Waals surface area contributed by atoms with Crippen molar-refractivity contribution in [1.29, 1.82) is 0 Å². The third-order valence-corrected chi connectivity index (χ3v) is 5.76. The normalized spacial score (nSPS) is 18.6. The molecule has 10 nitrogen and oxygen atoms in total. The summed E-state index contributed by atoms with van der Waals surface area (Å²) in [4.78, 5) is 42.4. The van der Waals surface area contributed by atoms with E-state index in [4.69, 9.17) is 5.73 Å². The maximum Gasteiger partial charge on any atom is 0.313 e. The number of amides is 3. The van der Waals surface area contributed by atoms with Crippen molar-refractivity contribution in [2.75, 3.05) is 22.8 Å². The van der Waals surface area contributed by atoms with E-state index in [1.807, 2.05) is 6.92 Å². The minimum absolute atomic E-state index is 0.113. The Balaban J connectivity index is 1.78. The van der Waals surface area contributed by atoms with Crippen molar-refractivity contribution in [2.45, 2.75) is 25.8 Å². The second-order valence-electron chi connectivity index (χ2n) is 7.93. The molecule has 4 N–H and O–H groups in total. The first kappa shape index (κ1) is 23.2. The molecule has 1 aromatic carbocycles. The number of aromatic nitrogens is 1. The predicted octanol–water partition coefficient (Wildman–Crippen LogP) is 1.49. The van der Waals surface area contributed by atoms with Crippen LogP contribution >= 0.6 is 0 Å². The van der Waals surface area contributed by atoms with Crippen molar-refractivity contribution in [3.05, 3.63) is 53.9 Å². The molecule has 1 saturated heterocycles. The van der Waals surface area contributed by atoms with Gasteiger partial charge in [-0.25, -0.2) is 8.42 Å². The van der Waals surface area contributed by atoms with E-state index in [9.17, 15) is 22.8 Å². The van der Waals surface area contributed by atoms with Crippen LogP contribution in [0.4, 0.5) is 11.4 Å². The fourth-order valence-electron chi connectivity index (χ4n) is 3.67. The zero-order chi connectivity index (χ0) is 23.5. The number of likely N-dealkylation sites (tertiary alicyclic amines) is 1. The zero-order valence-electron chi connectivity index (χ0n) is 17.7. The Morgan fingerprint density at radius 2 is 1.78 bits per heavy atom. The summed E-state index contributed by atoms with van der Waals surface area (Å²) < 4.78 is 25.2. The third-order valence-electron chi connectivity index (χ3n) is 5.15. The van der Waals surface area contributed by atoms with E-state index in [2.05, 4.69) is 15.0 Å². The lowest BCUT2D eigenvalue weighted by molar-refractivity contribution is -0.146. The molecule has 0 spiro atoms. The SMILES string of the molecule is C[C@H]1CC[C@H](c2ccc(NS(C)(=O)=O)cc2)N(C(=O)C(=O)Nc2cncc(C(N)=O)c2)C1. The molecule has 0 unspecified atom stereocenters. The Labute approximate surface area is 186 Å². The molecule has 2 atom stereocenters. The van der Waals surface area contributed by atoms with E-state index in [1.165, 1.54) is 23.4 Å². The zero-order valence-corrected chi connectivity index (χ0v) is 18.6. The highest BCUT2D eigenvalue weighted by molar-refractivity contribution is 7.92. The molecule has 11 heteroatoms. The largest absolute Gasteiger partial charge is 0.366 e. The van der Waals surface area contributed by atoms with Gasteiger partial charge >= 0.3 is 11.8 Å². The Morgan fingerprint density at radius 3 is 2.41 bits per heavy atom. The molecule has 0 saturated carbocycles. The monoisotopic (exact) mass is 459 g/mol. The number of carbonyl (C=O) groups excluding carboxylic acids is 3. The van der Waals surface area contributed by atoms with Crippen molar-refractivity contribution in [3.63, 3.8) is 0 Å². The van der Waals surface area contributed by atoms with Crippen molar-refractivity contribution in [3.8, 4) is 0 Å². The van der Waals surface area contributed by atoms with Crippen molar-refractivity contribution < 1.29 is 22.8 Å². The first-order chi connectivity index (χ1) is 15.0. The van der Waals surface area contributed by atoms with Crippen LogP contribution in [0.1, 0.15) is 41.7 Å². The van der Waals surface area contributed by atoms with Crippen molar-refractivity contribution in [2.24, 2.45) is 11.7 Å². The van der Waals surface area contributed by atoms with Crippen LogP contribution in [0.3, 0.4) is 0 Å². The van der Waals surface area contributed by atoms with Crippen molar-refractivity contribution >= 4 is 39.1 Å². The lowest BCUT2D eigenvalue weighted by atomic mass is 9.89. The van der Waals surface area contributed by atoms with Crippen LogP contribution in [0.2, 0.25) is 0 Å². The van der Waals surface area contributed by atoms with Gasteiger partial charge in [-0.05, 0) is 42.5 Å². The average Bonchev–Trinajstić information content (AvgIpc) is 2.73. The highest BCUT2D eigenvalue weighted by Crippen LogP contribution is 2.34. The Morgan fingerprint density at radius 1 is 1.09 bits per heavy atom. The molecule has 3 amide bonds. The highest BCUT2D eigenvalue weighted by Gasteiger charge is 2.34. The van der Waals surface area contributed by atoms with E-state index in [1.54, 1.807) is 24.3 Å². The standard InChI is InChI=1S/C21H25N5O5S/c1-13-3-8-18(14-4-6-16(7-5-14)25-32(2,30)31)26(12-13)21(29)20(28)24-17-9-15(19(22)27)10-23-11-17/h4-7,9-11,13,18,25H,3,8,12H2,1-2H3,(H2,22,27)(H,24,28)/t13-,18+/m0/s1. The van der Waals surface area contributed by atoms with Crippen LogP contribution in [0.15, 0.2) is 42.7 Å². The number of primary amides is 1. The maximum atomic E-state index is 13.0. The molecule has 0 bridgehead atoms. The molecule has 2 aromatic rings. The molecule has 1 aromatic heterocycles. The summed E-state index contributed by atoms with van der Waals surface area (Å²) in [6, 6.07) is 7.76. The number of rotatable bonds is 5. The summed E-state index contributed by atoms with van der Waals surface area (Å²) in [5, 5.41) is 2.48. The fraction of sp³-hybridized carbons (Fsp3) is 0.333. The molecule has 0 aliphatic carbocycles. The number of anilines is 2. The Hall–Kier alpha value is -3.47. The van der Waals surface area contributed by atoms with Gasteiger partial charge in [0.05, 0.1) is 29.7 Å². The third kappa shape index (κ3) is 5.82. The molecule has 170 valence electrons. The minimum atomic E-state index is -3.40. The van der Waals surface area contributed by atoms with E-state index in [0.717, 1.165) is 18.2 Å². The highest BCUT2D eigenvalue weighted by atomic mass is 32.2. The average molecular weight is 460 g/mol. The van der Waals surface area contributed by atoms with Gasteiger partial charge in [0.25, 0.3) is 0 Å². The van der Waals surface area contributed by atoms with Gasteiger partial charge < -0.3 is 16.0 Å². The first-order valence-electron chi connectivity index (χ1n) is 9.98. The Bertz CT molecular complexity index is 1130. The summed E-state index contributed by atoms with van der Waals surface area (Å²) in [6.45, 7) is 2.41. The number of hydrogen-bond acceptors (Lipinski definition) is 6. The molecular formula is C21H25N5O5S. The summed E-state index contributed by atoms with van der Waals surface area (Å²) in [5.74, 6) is -2.03. The quantitative estimate of drug-likeness (QED) is 0.576. The number of carbonyl (C=O) groups is 3. The van der Waals surface area contributed by atoms with Crippen LogP contribution in [0.25, 0.3) is 0 Å². The fourth-order valence-corrected chi connectivity index (χ4v) is 4.23. The van der Waals surface area contributed by atoms with Gasteiger partial charge in [0.1, 0.15) is 0 Å². The molecule has 1 fully saturated rings. The topological polar surface area (TPSA) is 152 Å². The molecule has 3 rings (SSSR count).